The zero-order valence-electron chi connectivity index (χ0n) is 5.92. The summed E-state index contributed by atoms with van der Waals surface area (Å²) in [6, 6.07) is 1.19. The van der Waals surface area contributed by atoms with Gasteiger partial charge < -0.3 is 5.11 Å². The van der Waals surface area contributed by atoms with Gasteiger partial charge in [0.25, 0.3) is 0 Å². The Bertz CT molecular complexity index is 316. The Labute approximate surface area is 76.4 Å². The van der Waals surface area contributed by atoms with Crippen molar-refractivity contribution in [2.24, 2.45) is 0 Å². The molecule has 12 heavy (non-hydrogen) atoms. The summed E-state index contributed by atoms with van der Waals surface area (Å²) in [7, 11) is 0. The van der Waals surface area contributed by atoms with Crippen LogP contribution in [0, 0.1) is 5.82 Å². The molecule has 0 aliphatic heterocycles. The Hall–Kier alpha value is -0.970. The average molecular weight is 234 g/mol. The Morgan fingerprint density at radius 3 is 2.92 bits per heavy atom. The van der Waals surface area contributed by atoms with E-state index in [0.29, 0.717) is 4.47 Å². The molecule has 1 aromatic rings. The lowest BCUT2D eigenvalue weighted by atomic mass is 10.2. The maximum absolute atomic E-state index is 12.9. The molecule has 0 aliphatic rings. The van der Waals surface area contributed by atoms with E-state index in [-0.39, 0.29) is 12.1 Å². The first-order valence-electron chi connectivity index (χ1n) is 3.11. The molecule has 0 amide bonds. The van der Waals surface area contributed by atoms with Crippen LogP contribution < -0.4 is 0 Å². The molecule has 0 aromatic carbocycles. The highest BCUT2D eigenvalue weighted by Gasteiger charge is 2.07. The largest absolute Gasteiger partial charge is 0.481 e. The van der Waals surface area contributed by atoms with E-state index in [2.05, 4.69) is 20.9 Å². The molecule has 0 atom stereocenters. The van der Waals surface area contributed by atoms with Crippen molar-refractivity contribution in [3.63, 3.8) is 0 Å². The molecular weight excluding hydrogens is 229 g/mol. The van der Waals surface area contributed by atoms with Crippen molar-refractivity contribution in [1.82, 2.24) is 4.98 Å². The van der Waals surface area contributed by atoms with E-state index in [1.807, 2.05) is 0 Å². The van der Waals surface area contributed by atoms with Gasteiger partial charge in [-0.3, -0.25) is 9.78 Å². The van der Waals surface area contributed by atoms with Gasteiger partial charge in [0.05, 0.1) is 12.1 Å². The number of carboxylic acid groups (broad SMARTS) is 1. The smallest absolute Gasteiger partial charge is 0.309 e. The van der Waals surface area contributed by atoms with Gasteiger partial charge >= 0.3 is 5.97 Å². The number of carboxylic acids is 1. The van der Waals surface area contributed by atoms with Crippen LogP contribution in [-0.4, -0.2) is 16.1 Å². The molecule has 0 aliphatic carbocycles. The van der Waals surface area contributed by atoms with Crippen molar-refractivity contribution >= 4 is 21.9 Å². The second-order valence-electron chi connectivity index (χ2n) is 2.15. The van der Waals surface area contributed by atoms with E-state index in [1.54, 1.807) is 0 Å². The third-order valence-corrected chi connectivity index (χ3v) is 1.64. The molecule has 0 fully saturated rings. The predicted molar refractivity (Wildman–Crippen MR) is 43.2 cm³/mol. The lowest BCUT2D eigenvalue weighted by Crippen LogP contribution is -2.04. The SMILES string of the molecule is O=C(O)Cc1ncc(Br)cc1F. The zero-order valence-corrected chi connectivity index (χ0v) is 7.51. The monoisotopic (exact) mass is 233 g/mol. The first-order valence-corrected chi connectivity index (χ1v) is 3.90. The van der Waals surface area contributed by atoms with Gasteiger partial charge in [-0.2, -0.15) is 0 Å². The van der Waals surface area contributed by atoms with Gasteiger partial charge in [-0.1, -0.05) is 0 Å². The van der Waals surface area contributed by atoms with Gasteiger partial charge in [-0.05, 0) is 22.0 Å². The molecule has 1 rings (SSSR count). The first-order chi connectivity index (χ1) is 5.59. The normalized spacial score (nSPS) is 9.83. The predicted octanol–water partition coefficient (Wildman–Crippen LogP) is 1.61. The molecule has 0 unspecified atom stereocenters. The van der Waals surface area contributed by atoms with Crippen molar-refractivity contribution < 1.29 is 14.3 Å². The molecule has 0 saturated carbocycles. The topological polar surface area (TPSA) is 50.2 Å². The highest BCUT2D eigenvalue weighted by molar-refractivity contribution is 9.10. The minimum atomic E-state index is -1.09. The number of halogens is 2. The van der Waals surface area contributed by atoms with Crippen LogP contribution in [0.5, 0.6) is 0 Å². The third-order valence-electron chi connectivity index (χ3n) is 1.20. The van der Waals surface area contributed by atoms with E-state index >= 15 is 0 Å². The van der Waals surface area contributed by atoms with E-state index < -0.39 is 11.8 Å². The van der Waals surface area contributed by atoms with Crippen LogP contribution in [0.2, 0.25) is 0 Å². The van der Waals surface area contributed by atoms with Gasteiger partial charge in [0.2, 0.25) is 0 Å². The van der Waals surface area contributed by atoms with Crippen molar-refractivity contribution in [1.29, 1.82) is 0 Å². The average Bonchev–Trinajstić information content (AvgIpc) is 1.94. The molecule has 3 nitrogen and oxygen atoms in total. The molecular formula is C7H5BrFNO2. The van der Waals surface area contributed by atoms with Crippen LogP contribution in [0.1, 0.15) is 5.69 Å². The van der Waals surface area contributed by atoms with Crippen LogP contribution in [0.25, 0.3) is 0 Å². The second-order valence-corrected chi connectivity index (χ2v) is 3.07. The van der Waals surface area contributed by atoms with Crippen LogP contribution in [-0.2, 0) is 11.2 Å². The Kier molecular flexibility index (Phi) is 2.75. The van der Waals surface area contributed by atoms with Gasteiger partial charge in [0.15, 0.2) is 0 Å². The number of hydrogen-bond donors (Lipinski definition) is 1. The van der Waals surface area contributed by atoms with Crippen LogP contribution >= 0.6 is 15.9 Å². The number of rotatable bonds is 2. The summed E-state index contributed by atoms with van der Waals surface area (Å²) in [6.45, 7) is 0. The number of carbonyl (C=O) groups is 1. The lowest BCUT2D eigenvalue weighted by molar-refractivity contribution is -0.136. The number of aliphatic carboxylic acids is 1. The third kappa shape index (κ3) is 2.27. The fourth-order valence-corrected chi connectivity index (χ4v) is 1.02. The summed E-state index contributed by atoms with van der Waals surface area (Å²) < 4.78 is 13.3. The lowest BCUT2D eigenvalue weighted by Gasteiger charge is -1.97. The fraction of sp³-hybridized carbons (Fsp3) is 0.143. The van der Waals surface area contributed by atoms with E-state index in [4.69, 9.17) is 5.11 Å². The summed E-state index contributed by atoms with van der Waals surface area (Å²) in [5.41, 5.74) is -0.0503. The van der Waals surface area contributed by atoms with Gasteiger partial charge in [0, 0.05) is 10.7 Å². The summed E-state index contributed by atoms with van der Waals surface area (Å²) >= 11 is 3.01. The summed E-state index contributed by atoms with van der Waals surface area (Å²) in [5.74, 6) is -1.70. The van der Waals surface area contributed by atoms with Gasteiger partial charge in [-0.25, -0.2) is 4.39 Å². The standard InChI is InChI=1S/C7H5BrFNO2/c8-4-1-5(9)6(10-3-4)2-7(11)12/h1,3H,2H2,(H,11,12). The van der Waals surface area contributed by atoms with E-state index in [1.165, 1.54) is 12.3 Å². The Morgan fingerprint density at radius 1 is 1.75 bits per heavy atom. The van der Waals surface area contributed by atoms with E-state index in [0.717, 1.165) is 0 Å². The van der Waals surface area contributed by atoms with Crippen LogP contribution in [0.3, 0.4) is 0 Å². The molecule has 0 bridgehead atoms. The Balaban J connectivity index is 2.93. The molecule has 0 radical (unpaired) electrons. The van der Waals surface area contributed by atoms with Crippen LogP contribution in [0.15, 0.2) is 16.7 Å². The summed E-state index contributed by atoms with van der Waals surface area (Å²) in [4.78, 5) is 13.8. The van der Waals surface area contributed by atoms with E-state index in [9.17, 15) is 9.18 Å². The number of hydrogen-bond acceptors (Lipinski definition) is 2. The van der Waals surface area contributed by atoms with Crippen molar-refractivity contribution in [2.75, 3.05) is 0 Å². The zero-order chi connectivity index (χ0) is 9.14. The molecule has 1 aromatic heterocycles. The van der Waals surface area contributed by atoms with Crippen molar-refractivity contribution in [3.8, 4) is 0 Å². The van der Waals surface area contributed by atoms with Crippen molar-refractivity contribution in [2.45, 2.75) is 6.42 Å². The minimum absolute atomic E-state index is 0.0503. The minimum Gasteiger partial charge on any atom is -0.481 e. The molecule has 0 saturated heterocycles. The highest BCUT2D eigenvalue weighted by atomic mass is 79.9. The second kappa shape index (κ2) is 3.62. The molecule has 0 spiro atoms. The summed E-state index contributed by atoms with van der Waals surface area (Å²) in [5, 5.41) is 8.34. The molecule has 64 valence electrons. The van der Waals surface area contributed by atoms with Gasteiger partial charge in [-0.15, -0.1) is 0 Å². The molecule has 5 heteroatoms. The maximum Gasteiger partial charge on any atom is 0.309 e. The van der Waals surface area contributed by atoms with Crippen LogP contribution in [0.4, 0.5) is 4.39 Å². The van der Waals surface area contributed by atoms with Crippen molar-refractivity contribution in [3.05, 3.63) is 28.2 Å². The van der Waals surface area contributed by atoms with Gasteiger partial charge in [0.1, 0.15) is 5.82 Å². The maximum atomic E-state index is 12.9. The Morgan fingerprint density at radius 2 is 2.42 bits per heavy atom. The fourth-order valence-electron chi connectivity index (χ4n) is 0.716. The molecule has 1 heterocycles. The highest BCUT2D eigenvalue weighted by Crippen LogP contribution is 2.12. The first kappa shape index (κ1) is 9.12. The quantitative estimate of drug-likeness (QED) is 0.845. The molecule has 1 N–H and O–H groups in total. The summed E-state index contributed by atoms with van der Waals surface area (Å²) in [6.07, 6.45) is 0.973. The number of aromatic nitrogens is 1. The number of nitrogens with zero attached hydrogens (tertiary/aromatic N) is 1. The number of pyridine rings is 1.